The molecule has 0 bridgehead atoms. The van der Waals surface area contributed by atoms with Gasteiger partial charge in [-0.05, 0) is 38.2 Å². The van der Waals surface area contributed by atoms with E-state index < -0.39 is 5.97 Å². The molecule has 1 amide bonds. The van der Waals surface area contributed by atoms with Crippen molar-refractivity contribution in [1.82, 2.24) is 9.80 Å². The third kappa shape index (κ3) is 3.32. The van der Waals surface area contributed by atoms with E-state index in [9.17, 15) is 9.59 Å². The summed E-state index contributed by atoms with van der Waals surface area (Å²) in [5, 5.41) is 8.95. The summed E-state index contributed by atoms with van der Waals surface area (Å²) in [5.74, 6) is -1.09. The van der Waals surface area contributed by atoms with Crippen LogP contribution in [0.5, 0.6) is 0 Å². The van der Waals surface area contributed by atoms with E-state index in [1.54, 1.807) is 17.0 Å². The largest absolute Gasteiger partial charge is 0.478 e. The number of amides is 1. The Balaban J connectivity index is 2.14. The molecule has 0 spiro atoms. The molecule has 1 N–H and O–H groups in total. The number of benzene rings is 1. The highest BCUT2D eigenvalue weighted by atomic mass is 16.4. The van der Waals surface area contributed by atoms with Gasteiger partial charge < -0.3 is 14.9 Å². The van der Waals surface area contributed by atoms with Crippen LogP contribution in [0.25, 0.3) is 0 Å². The minimum absolute atomic E-state index is 0.0848. The van der Waals surface area contributed by atoms with Crippen molar-refractivity contribution in [2.45, 2.75) is 6.42 Å². The van der Waals surface area contributed by atoms with Crippen LogP contribution >= 0.6 is 0 Å². The lowest BCUT2D eigenvalue weighted by atomic mass is 10.1. The Kier molecular flexibility index (Phi) is 4.16. The van der Waals surface area contributed by atoms with Gasteiger partial charge >= 0.3 is 5.97 Å². The number of hydrogen-bond donors (Lipinski definition) is 1. The fraction of sp³-hybridized carbons (Fsp3) is 0.429. The molecule has 2 rings (SSSR count). The summed E-state index contributed by atoms with van der Waals surface area (Å²) in [4.78, 5) is 27.3. The third-order valence-electron chi connectivity index (χ3n) is 3.36. The van der Waals surface area contributed by atoms with Crippen molar-refractivity contribution in [3.63, 3.8) is 0 Å². The zero-order valence-electron chi connectivity index (χ0n) is 11.0. The van der Waals surface area contributed by atoms with Gasteiger partial charge in [0, 0.05) is 25.2 Å². The van der Waals surface area contributed by atoms with Crippen LogP contribution in [0.1, 0.15) is 27.1 Å². The Hall–Kier alpha value is -1.88. The van der Waals surface area contributed by atoms with Gasteiger partial charge in [-0.3, -0.25) is 4.79 Å². The first-order chi connectivity index (χ1) is 9.08. The van der Waals surface area contributed by atoms with Crippen LogP contribution in [-0.4, -0.2) is 60.0 Å². The average molecular weight is 262 g/mol. The van der Waals surface area contributed by atoms with E-state index in [0.717, 1.165) is 26.1 Å². The maximum Gasteiger partial charge on any atom is 0.335 e. The molecule has 1 fully saturated rings. The number of hydrogen-bond acceptors (Lipinski definition) is 3. The molecule has 0 unspecified atom stereocenters. The maximum absolute atomic E-state index is 12.3. The highest BCUT2D eigenvalue weighted by molar-refractivity contribution is 5.97. The fourth-order valence-corrected chi connectivity index (χ4v) is 2.22. The topological polar surface area (TPSA) is 60.9 Å². The Morgan fingerprint density at radius 1 is 1.11 bits per heavy atom. The van der Waals surface area contributed by atoms with Crippen LogP contribution in [0.3, 0.4) is 0 Å². The first kappa shape index (κ1) is 13.5. The molecule has 1 aromatic rings. The van der Waals surface area contributed by atoms with Crippen molar-refractivity contribution in [1.29, 1.82) is 0 Å². The molecule has 0 saturated carbocycles. The van der Waals surface area contributed by atoms with Crippen LogP contribution in [0, 0.1) is 0 Å². The highest BCUT2D eigenvalue weighted by Crippen LogP contribution is 2.11. The molecule has 1 aromatic carbocycles. The van der Waals surface area contributed by atoms with Crippen molar-refractivity contribution in [2.24, 2.45) is 0 Å². The van der Waals surface area contributed by atoms with Gasteiger partial charge in [-0.2, -0.15) is 0 Å². The first-order valence-electron chi connectivity index (χ1n) is 6.39. The summed E-state index contributed by atoms with van der Waals surface area (Å²) >= 11 is 0. The molecule has 1 saturated heterocycles. The monoisotopic (exact) mass is 262 g/mol. The second-order valence-corrected chi connectivity index (χ2v) is 4.83. The van der Waals surface area contributed by atoms with E-state index in [2.05, 4.69) is 4.90 Å². The molecular formula is C14H18N2O3. The van der Waals surface area contributed by atoms with Gasteiger partial charge in [-0.25, -0.2) is 4.79 Å². The van der Waals surface area contributed by atoms with Crippen molar-refractivity contribution in [3.8, 4) is 0 Å². The summed E-state index contributed by atoms with van der Waals surface area (Å²) in [6.45, 7) is 3.25. The highest BCUT2D eigenvalue weighted by Gasteiger charge is 2.19. The Morgan fingerprint density at radius 2 is 1.84 bits per heavy atom. The third-order valence-corrected chi connectivity index (χ3v) is 3.36. The van der Waals surface area contributed by atoms with Crippen molar-refractivity contribution in [2.75, 3.05) is 33.2 Å². The van der Waals surface area contributed by atoms with Gasteiger partial charge in [-0.15, -0.1) is 0 Å². The zero-order valence-corrected chi connectivity index (χ0v) is 11.0. The van der Waals surface area contributed by atoms with Crippen molar-refractivity contribution < 1.29 is 14.7 Å². The fourth-order valence-electron chi connectivity index (χ4n) is 2.22. The van der Waals surface area contributed by atoms with Crippen LogP contribution in [-0.2, 0) is 0 Å². The Bertz CT molecular complexity index is 487. The maximum atomic E-state index is 12.3. The summed E-state index contributed by atoms with van der Waals surface area (Å²) < 4.78 is 0. The lowest BCUT2D eigenvalue weighted by molar-refractivity contribution is 0.0697. The first-order valence-corrected chi connectivity index (χ1v) is 6.39. The smallest absolute Gasteiger partial charge is 0.335 e. The number of aromatic carboxylic acids is 1. The van der Waals surface area contributed by atoms with Gasteiger partial charge in [-0.1, -0.05) is 6.07 Å². The summed E-state index contributed by atoms with van der Waals surface area (Å²) in [5.41, 5.74) is 0.599. The summed E-state index contributed by atoms with van der Waals surface area (Å²) in [6, 6.07) is 6.22. The minimum atomic E-state index is -1.01. The van der Waals surface area contributed by atoms with E-state index in [1.165, 1.54) is 12.1 Å². The molecule has 1 aliphatic rings. The van der Waals surface area contributed by atoms with Gasteiger partial charge in [0.05, 0.1) is 5.56 Å². The van der Waals surface area contributed by atoms with E-state index in [0.29, 0.717) is 12.1 Å². The SMILES string of the molecule is CN1CCCN(C(=O)c2cccc(C(=O)O)c2)CC1. The zero-order chi connectivity index (χ0) is 13.8. The summed E-state index contributed by atoms with van der Waals surface area (Å²) in [7, 11) is 2.04. The predicted molar refractivity (Wildman–Crippen MR) is 71.4 cm³/mol. The van der Waals surface area contributed by atoms with Gasteiger partial charge in [0.15, 0.2) is 0 Å². The number of carboxylic acid groups (broad SMARTS) is 1. The van der Waals surface area contributed by atoms with Crippen LogP contribution < -0.4 is 0 Å². The molecule has 0 radical (unpaired) electrons. The quantitative estimate of drug-likeness (QED) is 0.869. The summed E-state index contributed by atoms with van der Waals surface area (Å²) in [6.07, 6.45) is 0.945. The number of likely N-dealkylation sites (N-methyl/N-ethyl adjacent to an activating group) is 1. The van der Waals surface area contributed by atoms with Crippen molar-refractivity contribution >= 4 is 11.9 Å². The average Bonchev–Trinajstić information content (AvgIpc) is 2.63. The molecule has 0 aliphatic carbocycles. The van der Waals surface area contributed by atoms with Gasteiger partial charge in [0.1, 0.15) is 0 Å². The molecule has 5 heteroatoms. The second kappa shape index (κ2) is 5.84. The molecule has 1 heterocycles. The molecule has 1 aliphatic heterocycles. The molecule has 0 atom stereocenters. The number of nitrogens with zero attached hydrogens (tertiary/aromatic N) is 2. The van der Waals surface area contributed by atoms with Gasteiger partial charge in [0.2, 0.25) is 0 Å². The molecule has 19 heavy (non-hydrogen) atoms. The predicted octanol–water partition coefficient (Wildman–Crippen LogP) is 1.16. The van der Waals surface area contributed by atoms with E-state index in [4.69, 9.17) is 5.11 Å². The van der Waals surface area contributed by atoms with E-state index >= 15 is 0 Å². The van der Waals surface area contributed by atoms with Crippen LogP contribution in [0.4, 0.5) is 0 Å². The van der Waals surface area contributed by atoms with Gasteiger partial charge in [0.25, 0.3) is 5.91 Å². The number of carboxylic acids is 1. The lowest BCUT2D eigenvalue weighted by Gasteiger charge is -2.20. The van der Waals surface area contributed by atoms with Crippen LogP contribution in [0.15, 0.2) is 24.3 Å². The van der Waals surface area contributed by atoms with E-state index in [-0.39, 0.29) is 11.5 Å². The lowest BCUT2D eigenvalue weighted by Crippen LogP contribution is -2.34. The molecular weight excluding hydrogens is 244 g/mol. The number of carbonyl (C=O) groups excluding carboxylic acids is 1. The molecule has 0 aromatic heterocycles. The van der Waals surface area contributed by atoms with E-state index in [1.807, 2.05) is 7.05 Å². The Labute approximate surface area is 112 Å². The van der Waals surface area contributed by atoms with Crippen LogP contribution in [0.2, 0.25) is 0 Å². The normalized spacial score (nSPS) is 17.0. The molecule has 102 valence electrons. The minimum Gasteiger partial charge on any atom is -0.478 e. The number of rotatable bonds is 2. The second-order valence-electron chi connectivity index (χ2n) is 4.83. The Morgan fingerprint density at radius 3 is 2.58 bits per heavy atom. The van der Waals surface area contributed by atoms with Crippen molar-refractivity contribution in [3.05, 3.63) is 35.4 Å². The standard InChI is InChI=1S/C14H18N2O3/c1-15-6-3-7-16(9-8-15)13(17)11-4-2-5-12(10-11)14(18)19/h2,4-5,10H,3,6-9H2,1H3,(H,18,19). The number of carbonyl (C=O) groups is 2. The molecule has 5 nitrogen and oxygen atoms in total.